The summed E-state index contributed by atoms with van der Waals surface area (Å²) in [5.41, 5.74) is 1.72. The van der Waals surface area contributed by atoms with Crippen LogP contribution in [0.3, 0.4) is 0 Å². The maximum atomic E-state index is 13.1. The van der Waals surface area contributed by atoms with E-state index in [0.29, 0.717) is 13.1 Å². The van der Waals surface area contributed by atoms with E-state index in [4.69, 9.17) is 0 Å². The predicted octanol–water partition coefficient (Wildman–Crippen LogP) is 2.58. The Labute approximate surface area is 144 Å². The molecule has 1 atom stereocenters. The van der Waals surface area contributed by atoms with E-state index >= 15 is 0 Å². The Morgan fingerprint density at radius 1 is 1.29 bits per heavy atom. The predicted molar refractivity (Wildman–Crippen MR) is 96.0 cm³/mol. The van der Waals surface area contributed by atoms with E-state index in [-0.39, 0.29) is 17.7 Å². The molecule has 0 saturated heterocycles. The molecule has 0 unspecified atom stereocenters. The van der Waals surface area contributed by atoms with Crippen molar-refractivity contribution in [2.45, 2.75) is 39.2 Å². The van der Waals surface area contributed by atoms with Gasteiger partial charge in [0.1, 0.15) is 6.04 Å². The molecule has 1 aliphatic rings. The highest BCUT2D eigenvalue weighted by molar-refractivity contribution is 5.93. The van der Waals surface area contributed by atoms with Crippen molar-refractivity contribution in [3.05, 3.63) is 35.9 Å². The summed E-state index contributed by atoms with van der Waals surface area (Å²) in [6.45, 7) is 5.09. The molecule has 1 saturated carbocycles. The fourth-order valence-electron chi connectivity index (χ4n) is 2.61. The minimum Gasteiger partial charge on any atom is -0.340 e. The number of carbonyl (C=O) groups is 2. The maximum absolute atomic E-state index is 13.1. The van der Waals surface area contributed by atoms with Crippen LogP contribution < -0.4 is 5.32 Å². The first-order valence-corrected chi connectivity index (χ1v) is 8.63. The molecule has 24 heavy (non-hydrogen) atoms. The molecular weight excluding hydrogens is 302 g/mol. The number of nitrogens with one attached hydrogen (secondary N) is 1. The summed E-state index contributed by atoms with van der Waals surface area (Å²) in [7, 11) is 1.73. The van der Waals surface area contributed by atoms with Gasteiger partial charge in [-0.25, -0.2) is 0 Å². The van der Waals surface area contributed by atoms with Crippen molar-refractivity contribution in [2.24, 2.45) is 10.9 Å². The van der Waals surface area contributed by atoms with Gasteiger partial charge in [0, 0.05) is 25.2 Å². The zero-order valence-electron chi connectivity index (χ0n) is 14.8. The molecule has 5 nitrogen and oxygen atoms in total. The third-order valence-corrected chi connectivity index (χ3v) is 4.22. The molecule has 5 heteroatoms. The van der Waals surface area contributed by atoms with Crippen LogP contribution in [-0.2, 0) is 9.59 Å². The quantitative estimate of drug-likeness (QED) is 0.745. The van der Waals surface area contributed by atoms with E-state index in [2.05, 4.69) is 10.3 Å². The van der Waals surface area contributed by atoms with Crippen molar-refractivity contribution >= 4 is 17.5 Å². The van der Waals surface area contributed by atoms with Gasteiger partial charge in [0.15, 0.2) is 0 Å². The van der Waals surface area contributed by atoms with Crippen LogP contribution in [0.5, 0.6) is 0 Å². The summed E-state index contributed by atoms with van der Waals surface area (Å²) in [5.74, 6) is -0.0165. The summed E-state index contributed by atoms with van der Waals surface area (Å²) in [5, 5.41) is 2.96. The van der Waals surface area contributed by atoms with E-state index in [9.17, 15) is 9.59 Å². The number of benzene rings is 1. The van der Waals surface area contributed by atoms with E-state index in [1.165, 1.54) is 0 Å². The Hall–Kier alpha value is -2.17. The lowest BCUT2D eigenvalue weighted by Gasteiger charge is -2.28. The normalized spacial score (nSPS) is 15.7. The van der Waals surface area contributed by atoms with Crippen LogP contribution in [0.25, 0.3) is 0 Å². The van der Waals surface area contributed by atoms with Gasteiger partial charge in [-0.05, 0) is 31.7 Å². The van der Waals surface area contributed by atoms with Crippen LogP contribution in [0.2, 0.25) is 0 Å². The van der Waals surface area contributed by atoms with Crippen LogP contribution in [0, 0.1) is 5.92 Å². The third kappa shape index (κ3) is 4.91. The molecule has 1 aliphatic carbocycles. The SMILES string of the molecule is CCCN(CC(C)=NC)C(=O)[C@H](NC(=O)C1CC1)c1ccccc1. The van der Waals surface area contributed by atoms with Crippen molar-refractivity contribution in [3.8, 4) is 0 Å². The first-order chi connectivity index (χ1) is 11.6. The number of aliphatic imine (C=N–C) groups is 1. The molecule has 0 aromatic heterocycles. The molecule has 0 aliphatic heterocycles. The van der Waals surface area contributed by atoms with Crippen LogP contribution in [0.4, 0.5) is 0 Å². The molecule has 1 aromatic rings. The zero-order valence-corrected chi connectivity index (χ0v) is 14.8. The summed E-state index contributed by atoms with van der Waals surface area (Å²) in [6, 6.07) is 8.84. The number of nitrogens with zero attached hydrogens (tertiary/aromatic N) is 2. The summed E-state index contributed by atoms with van der Waals surface area (Å²) in [4.78, 5) is 31.3. The van der Waals surface area contributed by atoms with Crippen molar-refractivity contribution in [1.82, 2.24) is 10.2 Å². The Balaban J connectivity index is 2.22. The monoisotopic (exact) mass is 329 g/mol. The largest absolute Gasteiger partial charge is 0.340 e. The van der Waals surface area contributed by atoms with Crippen LogP contribution in [-0.4, -0.2) is 42.6 Å². The smallest absolute Gasteiger partial charge is 0.250 e. The number of hydrogen-bond donors (Lipinski definition) is 1. The minimum atomic E-state index is -0.629. The molecular formula is C19H27N3O2. The highest BCUT2D eigenvalue weighted by atomic mass is 16.2. The van der Waals surface area contributed by atoms with Crippen LogP contribution in [0.15, 0.2) is 35.3 Å². The Bertz CT molecular complexity index is 594. The molecule has 130 valence electrons. The average molecular weight is 329 g/mol. The van der Waals surface area contributed by atoms with Gasteiger partial charge in [0.2, 0.25) is 11.8 Å². The lowest BCUT2D eigenvalue weighted by molar-refractivity contribution is -0.136. The van der Waals surface area contributed by atoms with E-state index in [1.807, 2.05) is 44.2 Å². The second-order valence-electron chi connectivity index (χ2n) is 6.35. The molecule has 1 fully saturated rings. The Morgan fingerprint density at radius 3 is 2.50 bits per heavy atom. The van der Waals surface area contributed by atoms with Crippen molar-refractivity contribution in [2.75, 3.05) is 20.1 Å². The molecule has 0 radical (unpaired) electrons. The highest BCUT2D eigenvalue weighted by Gasteiger charge is 2.34. The van der Waals surface area contributed by atoms with Gasteiger partial charge in [0.05, 0.1) is 6.54 Å². The van der Waals surface area contributed by atoms with Crippen molar-refractivity contribution in [1.29, 1.82) is 0 Å². The molecule has 2 rings (SSSR count). The lowest BCUT2D eigenvalue weighted by atomic mass is 10.0. The van der Waals surface area contributed by atoms with Crippen LogP contribution in [0.1, 0.15) is 44.7 Å². The Kier molecular flexibility index (Phi) is 6.53. The van der Waals surface area contributed by atoms with Gasteiger partial charge in [-0.2, -0.15) is 0 Å². The van der Waals surface area contributed by atoms with Gasteiger partial charge in [-0.15, -0.1) is 0 Å². The van der Waals surface area contributed by atoms with E-state index in [0.717, 1.165) is 30.5 Å². The van der Waals surface area contributed by atoms with Gasteiger partial charge >= 0.3 is 0 Å². The second-order valence-corrected chi connectivity index (χ2v) is 6.35. The number of amides is 2. The maximum Gasteiger partial charge on any atom is 0.250 e. The molecule has 0 heterocycles. The van der Waals surface area contributed by atoms with Gasteiger partial charge in [-0.1, -0.05) is 37.3 Å². The first-order valence-electron chi connectivity index (χ1n) is 8.63. The fourth-order valence-corrected chi connectivity index (χ4v) is 2.61. The van der Waals surface area contributed by atoms with Gasteiger partial charge in [0.25, 0.3) is 0 Å². The highest BCUT2D eigenvalue weighted by Crippen LogP contribution is 2.30. The van der Waals surface area contributed by atoms with E-state index in [1.54, 1.807) is 11.9 Å². The molecule has 1 aromatic carbocycles. The number of hydrogen-bond acceptors (Lipinski definition) is 3. The first kappa shape index (κ1) is 18.2. The second kappa shape index (κ2) is 8.62. The summed E-state index contributed by atoms with van der Waals surface area (Å²) >= 11 is 0. The summed E-state index contributed by atoms with van der Waals surface area (Å²) < 4.78 is 0. The van der Waals surface area contributed by atoms with Crippen molar-refractivity contribution in [3.63, 3.8) is 0 Å². The Morgan fingerprint density at radius 2 is 1.96 bits per heavy atom. The van der Waals surface area contributed by atoms with Gasteiger partial charge < -0.3 is 10.2 Å². The average Bonchev–Trinajstić information content (AvgIpc) is 3.44. The standard InChI is InChI=1S/C19H27N3O2/c1-4-12-22(13-14(2)20-3)19(24)17(15-8-6-5-7-9-15)21-18(23)16-10-11-16/h5-9,16-17H,4,10-13H2,1-3H3,(H,21,23)/t17-/m1/s1. The topological polar surface area (TPSA) is 61.8 Å². The molecule has 0 bridgehead atoms. The lowest BCUT2D eigenvalue weighted by Crippen LogP contribution is -2.45. The summed E-state index contributed by atoms with van der Waals surface area (Å²) in [6.07, 6.45) is 2.70. The fraction of sp³-hybridized carbons (Fsp3) is 0.526. The number of rotatable bonds is 8. The van der Waals surface area contributed by atoms with E-state index < -0.39 is 6.04 Å². The van der Waals surface area contributed by atoms with Gasteiger partial charge in [-0.3, -0.25) is 14.6 Å². The van der Waals surface area contributed by atoms with Crippen molar-refractivity contribution < 1.29 is 9.59 Å². The third-order valence-electron chi connectivity index (χ3n) is 4.22. The number of carbonyl (C=O) groups excluding carboxylic acids is 2. The minimum absolute atomic E-state index is 0.0190. The molecule has 0 spiro atoms. The molecule has 2 amide bonds. The van der Waals surface area contributed by atoms with Crippen LogP contribution >= 0.6 is 0 Å². The molecule has 1 N–H and O–H groups in total. The zero-order chi connectivity index (χ0) is 17.5.